The van der Waals surface area contributed by atoms with Crippen molar-refractivity contribution in [1.82, 2.24) is 0 Å². The predicted molar refractivity (Wildman–Crippen MR) is 74.9 cm³/mol. The van der Waals surface area contributed by atoms with Crippen LogP contribution in [0.25, 0.3) is 11.1 Å². The highest BCUT2D eigenvalue weighted by molar-refractivity contribution is 5.67. The Hall–Kier alpha value is -1.82. The van der Waals surface area contributed by atoms with Gasteiger partial charge in [0.2, 0.25) is 0 Å². The Kier molecular flexibility index (Phi) is 3.14. The maximum Gasteiger partial charge on any atom is -0.0796 e. The van der Waals surface area contributed by atoms with Gasteiger partial charge in [-0.05, 0) is 0 Å². The molecule has 0 saturated heterocycles. The third-order valence-electron chi connectivity index (χ3n) is 3.27. The fraction of sp³-hybridized carbons (Fsp3) is 0.176. The van der Waals surface area contributed by atoms with Crippen LogP contribution >= 0.6 is 0 Å². The summed E-state index contributed by atoms with van der Waals surface area (Å²) in [4.78, 5) is 0. The van der Waals surface area contributed by atoms with E-state index in [0.29, 0.717) is 0 Å². The van der Waals surface area contributed by atoms with Crippen LogP contribution in [0.3, 0.4) is 0 Å². The third-order valence-corrected chi connectivity index (χ3v) is 3.27. The van der Waals surface area contributed by atoms with Gasteiger partial charge in [-0.25, -0.2) is 0 Å². The van der Waals surface area contributed by atoms with Crippen LogP contribution in [0.4, 0.5) is 0 Å². The molecule has 0 nitrogen and oxygen atoms in total. The van der Waals surface area contributed by atoms with Crippen molar-refractivity contribution in [1.29, 1.82) is 0 Å². The minimum absolute atomic E-state index is 1.10. The van der Waals surface area contributed by atoms with Crippen LogP contribution in [-0.4, -0.2) is 0 Å². The van der Waals surface area contributed by atoms with E-state index in [9.17, 15) is 0 Å². The Bertz CT molecular complexity index is 536. The molecule has 0 heterocycles. The largest absolute Gasteiger partial charge is 0.198 e. The van der Waals surface area contributed by atoms with E-state index in [-0.39, 0.29) is 0 Å². The molecule has 0 unspecified atom stereocenters. The van der Waals surface area contributed by atoms with Gasteiger partial charge in [-0.15, -0.1) is 12.1 Å². The van der Waals surface area contributed by atoms with Crippen LogP contribution in [0, 0.1) is 27.2 Å². The Morgan fingerprint density at radius 1 is 0.882 bits per heavy atom. The SMILES string of the molecule is [CH2-]c1cc(-c2ccc(C)c([CH-]C)c2)ccc1C. The fourth-order valence-electron chi connectivity index (χ4n) is 1.98. The molecule has 0 atom stereocenters. The summed E-state index contributed by atoms with van der Waals surface area (Å²) in [5.74, 6) is 0. The molecule has 2 aromatic carbocycles. The first-order valence-corrected chi connectivity index (χ1v) is 5.95. The van der Waals surface area contributed by atoms with Gasteiger partial charge < -0.3 is 0 Å². The summed E-state index contributed by atoms with van der Waals surface area (Å²) in [6.45, 7) is 10.4. The second-order valence-corrected chi connectivity index (χ2v) is 4.50. The van der Waals surface area contributed by atoms with Gasteiger partial charge in [0.15, 0.2) is 0 Å². The lowest BCUT2D eigenvalue weighted by molar-refractivity contribution is 1.33. The molecule has 0 N–H and O–H groups in total. The molecular weight excluding hydrogens is 204 g/mol. The maximum absolute atomic E-state index is 4.06. The van der Waals surface area contributed by atoms with Crippen LogP contribution in [0.15, 0.2) is 36.4 Å². The molecule has 0 heteroatoms. The summed E-state index contributed by atoms with van der Waals surface area (Å²) in [7, 11) is 0. The molecule has 2 aromatic rings. The van der Waals surface area contributed by atoms with E-state index in [1.165, 1.54) is 27.8 Å². The second-order valence-electron chi connectivity index (χ2n) is 4.50. The highest BCUT2D eigenvalue weighted by atomic mass is 14.1. The summed E-state index contributed by atoms with van der Waals surface area (Å²) in [6.07, 6.45) is 2.15. The molecule has 88 valence electrons. The molecule has 2 rings (SSSR count). The second kappa shape index (κ2) is 4.58. The van der Waals surface area contributed by atoms with E-state index in [0.717, 1.165) is 5.56 Å². The Labute approximate surface area is 104 Å². The first-order chi connectivity index (χ1) is 8.11. The quantitative estimate of drug-likeness (QED) is 0.645. The lowest BCUT2D eigenvalue weighted by Gasteiger charge is -2.18. The van der Waals surface area contributed by atoms with Crippen molar-refractivity contribution in [2.75, 3.05) is 0 Å². The normalized spacial score (nSPS) is 10.3. The number of hydrogen-bond donors (Lipinski definition) is 0. The topological polar surface area (TPSA) is 0 Å². The highest BCUT2D eigenvalue weighted by Crippen LogP contribution is 2.25. The van der Waals surface area contributed by atoms with Crippen LogP contribution in [0.2, 0.25) is 0 Å². The Morgan fingerprint density at radius 2 is 1.47 bits per heavy atom. The third kappa shape index (κ3) is 2.31. The minimum Gasteiger partial charge on any atom is -0.198 e. The zero-order valence-electron chi connectivity index (χ0n) is 10.7. The first kappa shape index (κ1) is 11.7. The van der Waals surface area contributed by atoms with Crippen molar-refractivity contribution in [2.45, 2.75) is 20.8 Å². The standard InChI is InChI=1S/C17H18/c1-5-15-11-17(9-7-13(15)3)16-8-6-12(2)14(4)10-16/h5-11H,4H2,1-3H3/q-2. The van der Waals surface area contributed by atoms with E-state index in [1.54, 1.807) is 0 Å². The van der Waals surface area contributed by atoms with Crippen molar-refractivity contribution >= 4 is 0 Å². The van der Waals surface area contributed by atoms with Crippen molar-refractivity contribution in [2.24, 2.45) is 0 Å². The molecule has 0 fully saturated rings. The summed E-state index contributed by atoms with van der Waals surface area (Å²) in [5.41, 5.74) is 7.46. The lowest BCUT2D eigenvalue weighted by Crippen LogP contribution is -1.88. The first-order valence-electron chi connectivity index (χ1n) is 5.95. The highest BCUT2D eigenvalue weighted by Gasteiger charge is 1.94. The molecule has 0 aliphatic heterocycles. The van der Waals surface area contributed by atoms with Gasteiger partial charge >= 0.3 is 0 Å². The van der Waals surface area contributed by atoms with Crippen LogP contribution < -0.4 is 0 Å². The van der Waals surface area contributed by atoms with Gasteiger partial charge in [0.05, 0.1) is 0 Å². The van der Waals surface area contributed by atoms with E-state index in [1.807, 2.05) is 0 Å². The predicted octanol–water partition coefficient (Wildman–Crippen LogP) is 4.72. The van der Waals surface area contributed by atoms with Crippen molar-refractivity contribution in [3.63, 3.8) is 0 Å². The Balaban J connectivity index is 2.49. The molecule has 0 amide bonds. The van der Waals surface area contributed by atoms with Crippen molar-refractivity contribution < 1.29 is 0 Å². The van der Waals surface area contributed by atoms with E-state index >= 15 is 0 Å². The van der Waals surface area contributed by atoms with Gasteiger partial charge in [-0.1, -0.05) is 44.0 Å². The molecule has 17 heavy (non-hydrogen) atoms. The Morgan fingerprint density at radius 3 is 2.06 bits per heavy atom. The fourth-order valence-corrected chi connectivity index (χ4v) is 1.98. The van der Waals surface area contributed by atoms with Crippen molar-refractivity contribution in [3.8, 4) is 11.1 Å². The summed E-state index contributed by atoms with van der Waals surface area (Å²) < 4.78 is 0. The molecule has 0 saturated carbocycles. The van der Waals surface area contributed by atoms with Crippen LogP contribution in [-0.2, 0) is 0 Å². The van der Waals surface area contributed by atoms with Gasteiger partial charge in [0.1, 0.15) is 0 Å². The minimum atomic E-state index is 1.10. The van der Waals surface area contributed by atoms with E-state index in [4.69, 9.17) is 0 Å². The average Bonchev–Trinajstić information content (AvgIpc) is 2.33. The van der Waals surface area contributed by atoms with Gasteiger partial charge in [-0.3, -0.25) is 0 Å². The molecular formula is C17H18-2. The van der Waals surface area contributed by atoms with Gasteiger partial charge in [0, 0.05) is 0 Å². The number of benzene rings is 2. The molecule has 0 aliphatic rings. The summed E-state index contributed by atoms with van der Waals surface area (Å²) in [5, 5.41) is 0. The smallest absolute Gasteiger partial charge is 0.0796 e. The van der Waals surface area contributed by atoms with E-state index < -0.39 is 0 Å². The van der Waals surface area contributed by atoms with Crippen LogP contribution in [0.5, 0.6) is 0 Å². The molecule has 0 bridgehead atoms. The monoisotopic (exact) mass is 222 g/mol. The molecule has 0 aliphatic carbocycles. The maximum atomic E-state index is 4.06. The number of aryl methyl sites for hydroxylation is 2. The zero-order valence-corrected chi connectivity index (χ0v) is 10.7. The average molecular weight is 222 g/mol. The molecule has 0 radical (unpaired) electrons. The van der Waals surface area contributed by atoms with E-state index in [2.05, 4.69) is 70.5 Å². The zero-order chi connectivity index (χ0) is 12.4. The van der Waals surface area contributed by atoms with Gasteiger partial charge in [-0.2, -0.15) is 47.7 Å². The lowest BCUT2D eigenvalue weighted by atomic mass is 9.96. The number of hydrogen-bond acceptors (Lipinski definition) is 0. The van der Waals surface area contributed by atoms with Crippen LogP contribution in [0.1, 0.15) is 29.2 Å². The molecule has 0 spiro atoms. The number of rotatable bonds is 2. The summed E-state index contributed by atoms with van der Waals surface area (Å²) >= 11 is 0. The van der Waals surface area contributed by atoms with Crippen molar-refractivity contribution in [3.05, 3.63) is 72.0 Å². The summed E-state index contributed by atoms with van der Waals surface area (Å²) in [6, 6.07) is 13.0. The molecule has 0 aromatic heterocycles. The van der Waals surface area contributed by atoms with Gasteiger partial charge in [0.25, 0.3) is 0 Å².